The van der Waals surface area contributed by atoms with Gasteiger partial charge in [0.1, 0.15) is 15.4 Å². The molecule has 0 atom stereocenters. The molecule has 1 aromatic carbocycles. The number of benzene rings is 1. The number of carbonyl (C=O) groups is 2. The van der Waals surface area contributed by atoms with Crippen LogP contribution >= 0.6 is 27.3 Å². The van der Waals surface area contributed by atoms with E-state index in [2.05, 4.69) is 31.3 Å². The molecule has 0 aliphatic carbocycles. The van der Waals surface area contributed by atoms with Crippen LogP contribution in [0, 0.1) is 0 Å². The molecule has 0 saturated heterocycles. The molecule has 3 N–H and O–H groups in total. The Kier molecular flexibility index (Phi) is 5.54. The van der Waals surface area contributed by atoms with Crippen molar-refractivity contribution in [3.05, 3.63) is 63.3 Å². The van der Waals surface area contributed by atoms with Gasteiger partial charge in [0.2, 0.25) is 0 Å². The third kappa shape index (κ3) is 3.93. The number of nitrogens with one attached hydrogen (secondary N) is 1. The number of alkyl halides is 2. The molecule has 2 amide bonds. The van der Waals surface area contributed by atoms with Gasteiger partial charge in [-0.2, -0.15) is 5.10 Å². The summed E-state index contributed by atoms with van der Waals surface area (Å²) in [5.74, 6) is -1.40. The summed E-state index contributed by atoms with van der Waals surface area (Å²) < 4.78 is 28.9. The number of halogens is 3. The van der Waals surface area contributed by atoms with E-state index in [0.717, 1.165) is 11.3 Å². The van der Waals surface area contributed by atoms with Crippen molar-refractivity contribution in [2.45, 2.75) is 6.43 Å². The van der Waals surface area contributed by atoms with Crippen molar-refractivity contribution in [1.82, 2.24) is 14.8 Å². The molecule has 4 rings (SSSR count). The second-order valence-corrected chi connectivity index (χ2v) is 8.42. The number of hydrogen-bond acceptors (Lipinski definition) is 5. The normalized spacial score (nSPS) is 11.3. The maximum absolute atomic E-state index is 13.5. The van der Waals surface area contributed by atoms with Crippen LogP contribution in [0.1, 0.15) is 32.3 Å². The first-order chi connectivity index (χ1) is 14.8. The van der Waals surface area contributed by atoms with E-state index >= 15 is 0 Å². The Morgan fingerprint density at radius 3 is 2.55 bits per heavy atom. The molecular formula is C20H14BrF2N5O2S. The maximum atomic E-state index is 13.5. The van der Waals surface area contributed by atoms with Crippen molar-refractivity contribution in [1.29, 1.82) is 0 Å². The fraction of sp³-hybridized carbons (Fsp3) is 0.100. The molecule has 0 aliphatic heterocycles. The molecule has 0 bridgehead atoms. The number of rotatable bonds is 5. The highest BCUT2D eigenvalue weighted by atomic mass is 79.9. The second kappa shape index (κ2) is 8.16. The zero-order chi connectivity index (χ0) is 22.3. The first-order valence-corrected chi connectivity index (χ1v) is 10.5. The molecule has 0 fully saturated rings. The zero-order valence-corrected chi connectivity index (χ0v) is 18.3. The minimum absolute atomic E-state index is 0.00602. The van der Waals surface area contributed by atoms with Crippen molar-refractivity contribution in [3.63, 3.8) is 0 Å². The van der Waals surface area contributed by atoms with Crippen molar-refractivity contribution in [2.24, 2.45) is 12.8 Å². The fourth-order valence-corrected chi connectivity index (χ4v) is 4.72. The van der Waals surface area contributed by atoms with Crippen LogP contribution in [0.4, 0.5) is 14.5 Å². The summed E-state index contributed by atoms with van der Waals surface area (Å²) in [6, 6.07) is 10.0. The van der Waals surface area contributed by atoms with Crippen LogP contribution in [0.25, 0.3) is 21.3 Å². The lowest BCUT2D eigenvalue weighted by Crippen LogP contribution is -2.17. The lowest BCUT2D eigenvalue weighted by atomic mass is 10.0. The van der Waals surface area contributed by atoms with Gasteiger partial charge in [-0.1, -0.05) is 30.3 Å². The minimum Gasteiger partial charge on any atom is -0.365 e. The summed E-state index contributed by atoms with van der Waals surface area (Å²) in [4.78, 5) is 29.2. The minimum atomic E-state index is -2.81. The molecule has 7 nitrogen and oxygen atoms in total. The van der Waals surface area contributed by atoms with Gasteiger partial charge in [0, 0.05) is 18.6 Å². The third-order valence-corrected chi connectivity index (χ3v) is 6.13. The summed E-state index contributed by atoms with van der Waals surface area (Å²) in [6.45, 7) is 0. The molecule has 0 spiro atoms. The van der Waals surface area contributed by atoms with E-state index in [1.807, 2.05) is 0 Å². The van der Waals surface area contributed by atoms with Gasteiger partial charge in [-0.3, -0.25) is 14.3 Å². The molecule has 3 aromatic heterocycles. The number of carbonyl (C=O) groups excluding carboxylic acids is 2. The Labute approximate surface area is 187 Å². The monoisotopic (exact) mass is 505 g/mol. The Morgan fingerprint density at radius 1 is 1.26 bits per heavy atom. The Hall–Kier alpha value is -3.18. The average Bonchev–Trinajstić information content (AvgIpc) is 3.27. The smallest absolute Gasteiger partial charge is 0.280 e. The Balaban J connectivity index is 1.97. The van der Waals surface area contributed by atoms with Crippen molar-refractivity contribution < 1.29 is 18.4 Å². The number of fused-ring (bicyclic) bond motifs is 1. The Bertz CT molecular complexity index is 1320. The van der Waals surface area contributed by atoms with Crippen molar-refractivity contribution in [3.8, 4) is 11.1 Å². The topological polar surface area (TPSA) is 103 Å². The van der Waals surface area contributed by atoms with E-state index in [0.29, 0.717) is 21.0 Å². The van der Waals surface area contributed by atoms with Gasteiger partial charge < -0.3 is 11.1 Å². The van der Waals surface area contributed by atoms with Gasteiger partial charge >= 0.3 is 0 Å². The summed E-state index contributed by atoms with van der Waals surface area (Å²) >= 11 is 4.11. The van der Waals surface area contributed by atoms with Crippen LogP contribution in [0.15, 0.2) is 47.1 Å². The predicted molar refractivity (Wildman–Crippen MR) is 117 cm³/mol. The molecule has 11 heteroatoms. The van der Waals surface area contributed by atoms with Gasteiger partial charge in [0.25, 0.3) is 18.2 Å². The van der Waals surface area contributed by atoms with Crippen molar-refractivity contribution in [2.75, 3.05) is 5.32 Å². The first kappa shape index (κ1) is 21.1. The van der Waals surface area contributed by atoms with Gasteiger partial charge in [0.05, 0.1) is 10.2 Å². The fourth-order valence-electron chi connectivity index (χ4n) is 3.15. The number of primary amides is 1. The number of aryl methyl sites for hydroxylation is 1. The van der Waals surface area contributed by atoms with E-state index < -0.39 is 23.9 Å². The number of pyridine rings is 1. The molecule has 31 heavy (non-hydrogen) atoms. The summed E-state index contributed by atoms with van der Waals surface area (Å²) in [7, 11) is 1.65. The molecule has 158 valence electrons. The highest BCUT2D eigenvalue weighted by molar-refractivity contribution is 9.10. The van der Waals surface area contributed by atoms with E-state index in [4.69, 9.17) is 5.73 Å². The van der Waals surface area contributed by atoms with E-state index in [1.165, 1.54) is 10.7 Å². The zero-order valence-electron chi connectivity index (χ0n) is 15.9. The third-order valence-electron chi connectivity index (χ3n) is 4.45. The van der Waals surface area contributed by atoms with Gasteiger partial charge in [-0.25, -0.2) is 13.8 Å². The van der Waals surface area contributed by atoms with Crippen LogP contribution in [-0.2, 0) is 7.05 Å². The number of aromatic nitrogens is 3. The molecular weight excluding hydrogens is 492 g/mol. The summed E-state index contributed by atoms with van der Waals surface area (Å²) in [5.41, 5.74) is 6.33. The molecule has 3 heterocycles. The van der Waals surface area contributed by atoms with E-state index in [1.54, 1.807) is 43.6 Å². The van der Waals surface area contributed by atoms with Gasteiger partial charge in [-0.15, -0.1) is 11.3 Å². The van der Waals surface area contributed by atoms with Crippen LogP contribution in [-0.4, -0.2) is 26.6 Å². The summed E-state index contributed by atoms with van der Waals surface area (Å²) in [6.07, 6.45) is -1.21. The number of nitrogens with two attached hydrogens (primary N) is 1. The van der Waals surface area contributed by atoms with Crippen LogP contribution in [0.2, 0.25) is 0 Å². The van der Waals surface area contributed by atoms with Crippen LogP contribution < -0.4 is 11.1 Å². The Morgan fingerprint density at radius 2 is 1.97 bits per heavy atom. The number of hydrogen-bond donors (Lipinski definition) is 2. The standard InChI is InChI=1S/C20H14BrF2N5O2S/c1-28-8-11(21)14(27-28)19(30)26-15-13-10(9-5-3-2-4-6-9)7-12(17(22)23)25-20(13)31-16(15)18(24)29/h2-8,17H,1H3,(H2,24,29)(H,26,30). The lowest BCUT2D eigenvalue weighted by Gasteiger charge is -2.10. The highest BCUT2D eigenvalue weighted by Crippen LogP contribution is 2.42. The van der Waals surface area contributed by atoms with Gasteiger partial charge in [-0.05, 0) is 33.1 Å². The summed E-state index contributed by atoms with van der Waals surface area (Å²) in [5, 5.41) is 7.13. The first-order valence-electron chi connectivity index (χ1n) is 8.87. The SMILES string of the molecule is Cn1cc(Br)c(C(=O)Nc2c(C(N)=O)sc3nc(C(F)F)cc(-c4ccccc4)c23)n1. The maximum Gasteiger partial charge on any atom is 0.280 e. The molecule has 0 radical (unpaired) electrons. The molecule has 4 aromatic rings. The lowest BCUT2D eigenvalue weighted by molar-refractivity contribution is 0.100. The predicted octanol–water partition coefficient (Wildman–Crippen LogP) is 4.75. The van der Waals surface area contributed by atoms with Gasteiger partial charge in [0.15, 0.2) is 5.69 Å². The highest BCUT2D eigenvalue weighted by Gasteiger charge is 2.26. The number of amides is 2. The quantitative estimate of drug-likeness (QED) is 0.408. The van der Waals surface area contributed by atoms with Crippen molar-refractivity contribution >= 4 is 55.0 Å². The number of anilines is 1. The average molecular weight is 506 g/mol. The number of thiophene rings is 1. The molecule has 0 aliphatic rings. The van der Waals surface area contributed by atoms with Crippen LogP contribution in [0.5, 0.6) is 0 Å². The van der Waals surface area contributed by atoms with E-state index in [-0.39, 0.29) is 21.1 Å². The molecule has 0 saturated carbocycles. The van der Waals surface area contributed by atoms with E-state index in [9.17, 15) is 18.4 Å². The largest absolute Gasteiger partial charge is 0.365 e. The molecule has 0 unspecified atom stereocenters. The second-order valence-electron chi connectivity index (χ2n) is 6.57. The number of nitrogens with zero attached hydrogens (tertiary/aromatic N) is 3. The van der Waals surface area contributed by atoms with Crippen LogP contribution in [0.3, 0.4) is 0 Å².